The van der Waals surface area contributed by atoms with Crippen LogP contribution in [0.2, 0.25) is 0 Å². The first-order valence-corrected chi connectivity index (χ1v) is 10.1. The van der Waals surface area contributed by atoms with Crippen LogP contribution >= 0.6 is 11.3 Å². The quantitative estimate of drug-likeness (QED) is 0.789. The van der Waals surface area contributed by atoms with Crippen molar-refractivity contribution in [1.82, 2.24) is 20.7 Å². The van der Waals surface area contributed by atoms with Gasteiger partial charge in [0, 0.05) is 42.0 Å². The van der Waals surface area contributed by atoms with E-state index >= 15 is 0 Å². The minimum atomic E-state index is -0.548. The van der Waals surface area contributed by atoms with Gasteiger partial charge in [-0.1, -0.05) is 5.16 Å². The average molecular weight is 391 g/mol. The first kappa shape index (κ1) is 19.6. The van der Waals surface area contributed by atoms with Gasteiger partial charge in [0.2, 0.25) is 5.91 Å². The molecule has 0 bridgehead atoms. The molecular weight excluding hydrogens is 364 g/mol. The lowest BCUT2D eigenvalue weighted by atomic mass is 10.0. The van der Waals surface area contributed by atoms with Crippen molar-refractivity contribution in [1.29, 1.82) is 0 Å². The van der Waals surface area contributed by atoms with Crippen LogP contribution in [0.5, 0.6) is 0 Å². The molecule has 3 heterocycles. The zero-order chi connectivity index (χ0) is 19.6. The third-order valence-corrected chi connectivity index (χ3v) is 5.94. The Hall–Kier alpha value is -2.19. The summed E-state index contributed by atoms with van der Waals surface area (Å²) in [7, 11) is 0. The standard InChI is InChI=1S/C19H26N4O3S/c1-5-20-18(24)12(3)21-19(25)16-10-27-17-9-23(7-6-14(16)17)8-15-11(2)22-26-13(15)4/h10,12H,5-9H2,1-4H3,(H,20,24)(H,21,25)/t12-/m1/s1. The number of fused-ring (bicyclic) bond motifs is 1. The van der Waals surface area contributed by atoms with Crippen molar-refractivity contribution in [3.05, 3.63) is 38.4 Å². The Balaban J connectivity index is 1.66. The van der Waals surface area contributed by atoms with Gasteiger partial charge in [0.1, 0.15) is 11.8 Å². The number of thiophene rings is 1. The maximum absolute atomic E-state index is 12.6. The SMILES string of the molecule is CCNC(=O)[C@@H](C)NC(=O)c1csc2c1CCN(Cc1c(C)noc1C)C2. The highest BCUT2D eigenvalue weighted by atomic mass is 32.1. The molecule has 1 aliphatic heterocycles. The molecule has 2 aromatic heterocycles. The van der Waals surface area contributed by atoms with E-state index in [4.69, 9.17) is 4.52 Å². The van der Waals surface area contributed by atoms with Crippen LogP contribution in [0.15, 0.2) is 9.90 Å². The molecule has 27 heavy (non-hydrogen) atoms. The summed E-state index contributed by atoms with van der Waals surface area (Å²) in [5.74, 6) is 0.523. The van der Waals surface area contributed by atoms with Crippen LogP contribution in [0.25, 0.3) is 0 Å². The molecule has 2 N–H and O–H groups in total. The molecule has 0 spiro atoms. The van der Waals surface area contributed by atoms with E-state index in [2.05, 4.69) is 20.7 Å². The Morgan fingerprint density at radius 3 is 2.85 bits per heavy atom. The Labute approximate surface area is 163 Å². The summed E-state index contributed by atoms with van der Waals surface area (Å²) < 4.78 is 5.26. The summed E-state index contributed by atoms with van der Waals surface area (Å²) in [4.78, 5) is 28.0. The fourth-order valence-electron chi connectivity index (χ4n) is 3.33. The Morgan fingerprint density at radius 2 is 2.19 bits per heavy atom. The number of aromatic nitrogens is 1. The van der Waals surface area contributed by atoms with Crippen molar-refractivity contribution in [3.63, 3.8) is 0 Å². The number of nitrogens with zero attached hydrogens (tertiary/aromatic N) is 2. The van der Waals surface area contributed by atoms with Gasteiger partial charge in [-0.15, -0.1) is 11.3 Å². The van der Waals surface area contributed by atoms with E-state index in [0.717, 1.165) is 48.6 Å². The van der Waals surface area contributed by atoms with Crippen molar-refractivity contribution in [2.24, 2.45) is 0 Å². The molecule has 0 fully saturated rings. The highest BCUT2D eigenvalue weighted by Crippen LogP contribution is 2.30. The van der Waals surface area contributed by atoms with Gasteiger partial charge in [0.25, 0.3) is 5.91 Å². The van der Waals surface area contributed by atoms with Crippen molar-refractivity contribution in [2.45, 2.75) is 53.2 Å². The number of rotatable bonds is 6. The molecule has 0 unspecified atom stereocenters. The summed E-state index contributed by atoms with van der Waals surface area (Å²) in [6.07, 6.45) is 0.820. The number of carbonyl (C=O) groups is 2. The fraction of sp³-hybridized carbons (Fsp3) is 0.526. The Bertz CT molecular complexity index is 823. The normalized spacial score (nSPS) is 15.3. The molecular formula is C19H26N4O3S. The van der Waals surface area contributed by atoms with Gasteiger partial charge >= 0.3 is 0 Å². The van der Waals surface area contributed by atoms with E-state index in [9.17, 15) is 9.59 Å². The van der Waals surface area contributed by atoms with Crippen molar-refractivity contribution in [3.8, 4) is 0 Å². The molecule has 3 rings (SSSR count). The Kier molecular flexibility index (Phi) is 5.96. The summed E-state index contributed by atoms with van der Waals surface area (Å²) in [5, 5.41) is 11.5. The van der Waals surface area contributed by atoms with E-state index < -0.39 is 6.04 Å². The summed E-state index contributed by atoms with van der Waals surface area (Å²) >= 11 is 1.61. The van der Waals surface area contributed by atoms with Gasteiger partial charge in [0.15, 0.2) is 0 Å². The topological polar surface area (TPSA) is 87.5 Å². The van der Waals surface area contributed by atoms with Crippen molar-refractivity contribution < 1.29 is 14.1 Å². The summed E-state index contributed by atoms with van der Waals surface area (Å²) in [6, 6.07) is -0.548. The second-order valence-electron chi connectivity index (χ2n) is 6.90. The van der Waals surface area contributed by atoms with Crippen LogP contribution in [0.1, 0.15) is 51.7 Å². The predicted octanol–water partition coefficient (Wildman–Crippen LogP) is 2.17. The Morgan fingerprint density at radius 1 is 1.41 bits per heavy atom. The van der Waals surface area contributed by atoms with E-state index in [0.29, 0.717) is 12.1 Å². The van der Waals surface area contributed by atoms with Gasteiger partial charge in [-0.05, 0) is 39.7 Å². The molecule has 0 saturated carbocycles. The number of amides is 2. The minimum Gasteiger partial charge on any atom is -0.361 e. The molecule has 0 aromatic carbocycles. The largest absolute Gasteiger partial charge is 0.361 e. The second kappa shape index (κ2) is 8.22. The third kappa shape index (κ3) is 4.22. The van der Waals surface area contributed by atoms with E-state index in [-0.39, 0.29) is 11.8 Å². The molecule has 0 radical (unpaired) electrons. The van der Waals surface area contributed by atoms with Gasteiger partial charge < -0.3 is 15.2 Å². The number of carbonyl (C=O) groups excluding carboxylic acids is 2. The average Bonchev–Trinajstić information content (AvgIpc) is 3.20. The van der Waals surface area contributed by atoms with Crippen LogP contribution < -0.4 is 10.6 Å². The second-order valence-corrected chi connectivity index (χ2v) is 7.87. The summed E-state index contributed by atoms with van der Waals surface area (Å²) in [6.45, 7) is 10.5. The molecule has 146 valence electrons. The number of nitrogens with one attached hydrogen (secondary N) is 2. The molecule has 2 aromatic rings. The molecule has 8 heteroatoms. The maximum Gasteiger partial charge on any atom is 0.253 e. The molecule has 1 atom stereocenters. The van der Waals surface area contributed by atoms with Crippen LogP contribution in [0.3, 0.4) is 0 Å². The van der Waals surface area contributed by atoms with Gasteiger partial charge in [0.05, 0.1) is 11.3 Å². The lowest BCUT2D eigenvalue weighted by molar-refractivity contribution is -0.122. The molecule has 0 saturated heterocycles. The van der Waals surface area contributed by atoms with E-state index in [1.54, 1.807) is 18.3 Å². The van der Waals surface area contributed by atoms with Crippen LogP contribution in [0, 0.1) is 13.8 Å². The highest BCUT2D eigenvalue weighted by Gasteiger charge is 2.26. The zero-order valence-electron chi connectivity index (χ0n) is 16.2. The lowest BCUT2D eigenvalue weighted by Gasteiger charge is -2.27. The lowest BCUT2D eigenvalue weighted by Crippen LogP contribution is -2.45. The van der Waals surface area contributed by atoms with Crippen molar-refractivity contribution in [2.75, 3.05) is 13.1 Å². The predicted molar refractivity (Wildman–Crippen MR) is 104 cm³/mol. The van der Waals surface area contributed by atoms with Gasteiger partial charge in [-0.3, -0.25) is 14.5 Å². The first-order chi connectivity index (χ1) is 12.9. The van der Waals surface area contributed by atoms with Crippen LogP contribution in [-0.4, -0.2) is 41.0 Å². The number of aryl methyl sites for hydroxylation is 2. The van der Waals surface area contributed by atoms with Gasteiger partial charge in [-0.2, -0.15) is 0 Å². The monoisotopic (exact) mass is 390 g/mol. The molecule has 0 aliphatic carbocycles. The zero-order valence-corrected chi connectivity index (χ0v) is 17.0. The smallest absolute Gasteiger partial charge is 0.253 e. The van der Waals surface area contributed by atoms with E-state index in [1.807, 2.05) is 26.2 Å². The fourth-order valence-corrected chi connectivity index (χ4v) is 4.45. The van der Waals surface area contributed by atoms with Crippen molar-refractivity contribution >= 4 is 23.2 Å². The number of likely N-dealkylation sites (N-methyl/N-ethyl adjacent to an activating group) is 1. The maximum atomic E-state index is 12.6. The van der Waals surface area contributed by atoms with Crippen LogP contribution in [0.4, 0.5) is 0 Å². The number of hydrogen-bond donors (Lipinski definition) is 2. The summed E-state index contributed by atoms with van der Waals surface area (Å²) in [5.41, 5.74) is 3.88. The first-order valence-electron chi connectivity index (χ1n) is 9.22. The van der Waals surface area contributed by atoms with Gasteiger partial charge in [-0.25, -0.2) is 0 Å². The minimum absolute atomic E-state index is 0.166. The third-order valence-electron chi connectivity index (χ3n) is 4.93. The van der Waals surface area contributed by atoms with E-state index in [1.165, 1.54) is 4.88 Å². The molecule has 1 aliphatic rings. The highest BCUT2D eigenvalue weighted by molar-refractivity contribution is 7.10. The molecule has 7 nitrogen and oxygen atoms in total. The van der Waals surface area contributed by atoms with Crippen LogP contribution in [-0.2, 0) is 24.3 Å². The molecule has 2 amide bonds. The number of hydrogen-bond acceptors (Lipinski definition) is 6.